The van der Waals surface area contributed by atoms with Crippen molar-refractivity contribution in [2.75, 3.05) is 5.32 Å². The normalized spacial score (nSPS) is 11.2. The van der Waals surface area contributed by atoms with Gasteiger partial charge in [-0.25, -0.2) is 0 Å². The Morgan fingerprint density at radius 3 is 2.53 bits per heavy atom. The first-order chi connectivity index (χ1) is 14.5. The predicted octanol–water partition coefficient (Wildman–Crippen LogP) is 4.64. The molecule has 0 aliphatic rings. The Kier molecular flexibility index (Phi) is 6.91. The Hall–Kier alpha value is -3.54. The topological polar surface area (TPSA) is 91.6 Å². The van der Waals surface area contributed by atoms with Gasteiger partial charge in [-0.1, -0.05) is 56.5 Å². The third kappa shape index (κ3) is 4.89. The van der Waals surface area contributed by atoms with E-state index in [0.717, 1.165) is 31.2 Å². The van der Waals surface area contributed by atoms with Gasteiger partial charge in [-0.3, -0.25) is 9.59 Å². The standard InChI is InChI=1S/C24H26N2O4/c1-2-3-4-8-15-26-20-16-18(12-13-19(20)22(28)23(29)24(26)30)25-21(27)14-11-17-9-6-5-7-10-17/h5-7,9-14,16,28-29H,2-4,8,15H2,1H3,(H,25,27). The molecule has 3 aromatic rings. The van der Waals surface area contributed by atoms with Crippen LogP contribution in [0.25, 0.3) is 17.0 Å². The summed E-state index contributed by atoms with van der Waals surface area (Å²) in [6.07, 6.45) is 7.03. The number of pyridine rings is 1. The second-order valence-electron chi connectivity index (χ2n) is 7.18. The number of aromatic nitrogens is 1. The number of amides is 1. The van der Waals surface area contributed by atoms with Crippen LogP contribution in [0.3, 0.4) is 0 Å². The lowest BCUT2D eigenvalue weighted by Gasteiger charge is -2.14. The van der Waals surface area contributed by atoms with Crippen molar-refractivity contribution in [1.29, 1.82) is 0 Å². The van der Waals surface area contributed by atoms with Crippen LogP contribution in [-0.2, 0) is 11.3 Å². The van der Waals surface area contributed by atoms with E-state index in [1.165, 1.54) is 10.6 Å². The summed E-state index contributed by atoms with van der Waals surface area (Å²) in [5.74, 6) is -1.40. The van der Waals surface area contributed by atoms with Crippen molar-refractivity contribution in [3.63, 3.8) is 0 Å². The molecule has 3 rings (SSSR count). The lowest BCUT2D eigenvalue weighted by atomic mass is 10.1. The molecule has 0 aliphatic carbocycles. The summed E-state index contributed by atoms with van der Waals surface area (Å²) in [5, 5.41) is 23.4. The molecule has 0 unspecified atom stereocenters. The fourth-order valence-corrected chi connectivity index (χ4v) is 3.34. The van der Waals surface area contributed by atoms with E-state index in [9.17, 15) is 19.8 Å². The highest BCUT2D eigenvalue weighted by Gasteiger charge is 2.16. The number of unbranched alkanes of at least 4 members (excludes halogenated alkanes) is 3. The van der Waals surface area contributed by atoms with Crippen LogP contribution in [0.1, 0.15) is 38.2 Å². The molecule has 0 bridgehead atoms. The Labute approximate surface area is 175 Å². The lowest BCUT2D eigenvalue weighted by molar-refractivity contribution is -0.111. The van der Waals surface area contributed by atoms with Crippen LogP contribution >= 0.6 is 0 Å². The van der Waals surface area contributed by atoms with Crippen LogP contribution in [0.5, 0.6) is 11.5 Å². The van der Waals surface area contributed by atoms with Gasteiger partial charge in [0.2, 0.25) is 11.7 Å². The van der Waals surface area contributed by atoms with Crippen LogP contribution in [0.2, 0.25) is 0 Å². The van der Waals surface area contributed by atoms with Crippen LogP contribution in [-0.4, -0.2) is 20.7 Å². The van der Waals surface area contributed by atoms with Gasteiger partial charge in [-0.15, -0.1) is 0 Å². The van der Waals surface area contributed by atoms with Crippen molar-refractivity contribution in [2.45, 2.75) is 39.2 Å². The Morgan fingerprint density at radius 2 is 1.80 bits per heavy atom. The number of carbonyl (C=O) groups is 1. The van der Waals surface area contributed by atoms with Gasteiger partial charge < -0.3 is 20.1 Å². The SMILES string of the molecule is CCCCCCn1c(=O)c(O)c(O)c2ccc(NC(=O)C=Cc3ccccc3)cc21. The molecule has 0 aliphatic heterocycles. The van der Waals surface area contributed by atoms with Crippen LogP contribution in [0, 0.1) is 0 Å². The predicted molar refractivity (Wildman–Crippen MR) is 120 cm³/mol. The highest BCUT2D eigenvalue weighted by atomic mass is 16.3. The number of fused-ring (bicyclic) bond motifs is 1. The number of benzene rings is 2. The number of carbonyl (C=O) groups excluding carboxylic acids is 1. The molecule has 30 heavy (non-hydrogen) atoms. The molecule has 6 heteroatoms. The third-order valence-electron chi connectivity index (χ3n) is 4.95. The maximum Gasteiger partial charge on any atom is 0.297 e. The molecule has 1 heterocycles. The van der Waals surface area contributed by atoms with Gasteiger partial charge in [-0.2, -0.15) is 0 Å². The minimum Gasteiger partial charge on any atom is -0.504 e. The van der Waals surface area contributed by atoms with Crippen LogP contribution < -0.4 is 10.9 Å². The van der Waals surface area contributed by atoms with Crippen LogP contribution in [0.4, 0.5) is 5.69 Å². The van der Waals surface area contributed by atoms with Crippen molar-refractivity contribution >= 4 is 28.6 Å². The average molecular weight is 406 g/mol. The average Bonchev–Trinajstić information content (AvgIpc) is 2.76. The monoisotopic (exact) mass is 406 g/mol. The summed E-state index contributed by atoms with van der Waals surface area (Å²) in [6, 6.07) is 14.3. The van der Waals surface area contributed by atoms with Crippen molar-refractivity contribution < 1.29 is 15.0 Å². The smallest absolute Gasteiger partial charge is 0.297 e. The van der Waals surface area contributed by atoms with Gasteiger partial charge in [0.25, 0.3) is 5.56 Å². The molecule has 6 nitrogen and oxygen atoms in total. The molecule has 0 fully saturated rings. The molecular formula is C24H26N2O4. The number of hydrogen-bond acceptors (Lipinski definition) is 4. The summed E-state index contributed by atoms with van der Waals surface area (Å²) >= 11 is 0. The molecular weight excluding hydrogens is 380 g/mol. The quantitative estimate of drug-likeness (QED) is 0.375. The maximum atomic E-state index is 12.5. The Balaban J connectivity index is 1.88. The van der Waals surface area contributed by atoms with Gasteiger partial charge in [0, 0.05) is 23.7 Å². The number of aryl methyl sites for hydroxylation is 1. The Morgan fingerprint density at radius 1 is 1.03 bits per heavy atom. The first-order valence-corrected chi connectivity index (χ1v) is 10.1. The summed E-state index contributed by atoms with van der Waals surface area (Å²) in [7, 11) is 0. The fourth-order valence-electron chi connectivity index (χ4n) is 3.34. The van der Waals surface area contributed by atoms with Crippen molar-refractivity contribution in [2.24, 2.45) is 0 Å². The van der Waals surface area contributed by atoms with Crippen molar-refractivity contribution in [1.82, 2.24) is 4.57 Å². The summed E-state index contributed by atoms with van der Waals surface area (Å²) in [4.78, 5) is 24.8. The number of nitrogens with one attached hydrogen (secondary N) is 1. The molecule has 0 saturated carbocycles. The van der Waals surface area contributed by atoms with Crippen molar-refractivity contribution in [3.05, 3.63) is 70.5 Å². The second kappa shape index (κ2) is 9.78. The van der Waals surface area contributed by atoms with E-state index in [0.29, 0.717) is 23.1 Å². The van der Waals surface area contributed by atoms with Gasteiger partial charge in [0.15, 0.2) is 5.75 Å². The molecule has 1 amide bonds. The van der Waals surface area contributed by atoms with E-state index in [2.05, 4.69) is 12.2 Å². The van der Waals surface area contributed by atoms with Gasteiger partial charge in [0.1, 0.15) is 0 Å². The highest BCUT2D eigenvalue weighted by molar-refractivity contribution is 6.03. The minimum absolute atomic E-state index is 0.307. The van der Waals surface area contributed by atoms with E-state index >= 15 is 0 Å². The van der Waals surface area contributed by atoms with Gasteiger partial charge >= 0.3 is 0 Å². The number of hydrogen-bond donors (Lipinski definition) is 3. The highest BCUT2D eigenvalue weighted by Crippen LogP contribution is 2.32. The molecule has 2 aromatic carbocycles. The largest absolute Gasteiger partial charge is 0.504 e. The summed E-state index contributed by atoms with van der Waals surface area (Å²) in [5.41, 5.74) is 1.24. The van der Waals surface area contributed by atoms with E-state index in [1.54, 1.807) is 24.3 Å². The van der Waals surface area contributed by atoms with Crippen molar-refractivity contribution in [3.8, 4) is 11.5 Å². The zero-order chi connectivity index (χ0) is 21.5. The molecule has 0 atom stereocenters. The zero-order valence-corrected chi connectivity index (χ0v) is 17.0. The summed E-state index contributed by atoms with van der Waals surface area (Å²) in [6.45, 7) is 2.53. The molecule has 3 N–H and O–H groups in total. The number of anilines is 1. The lowest BCUT2D eigenvalue weighted by Crippen LogP contribution is -2.20. The number of rotatable bonds is 8. The van der Waals surface area contributed by atoms with E-state index in [1.807, 2.05) is 30.3 Å². The Bertz CT molecular complexity index is 1120. The van der Waals surface area contributed by atoms with E-state index < -0.39 is 17.1 Å². The first kappa shape index (κ1) is 21.2. The molecule has 1 aromatic heterocycles. The fraction of sp³-hybridized carbons (Fsp3) is 0.250. The molecule has 0 spiro atoms. The molecule has 0 saturated heterocycles. The second-order valence-corrected chi connectivity index (χ2v) is 7.18. The summed E-state index contributed by atoms with van der Waals surface area (Å²) < 4.78 is 1.45. The molecule has 156 valence electrons. The number of aromatic hydroxyl groups is 2. The third-order valence-corrected chi connectivity index (χ3v) is 4.95. The van der Waals surface area contributed by atoms with E-state index in [-0.39, 0.29) is 5.91 Å². The van der Waals surface area contributed by atoms with Gasteiger partial charge in [0.05, 0.1) is 5.52 Å². The molecule has 0 radical (unpaired) electrons. The van der Waals surface area contributed by atoms with Crippen LogP contribution in [0.15, 0.2) is 59.4 Å². The maximum absolute atomic E-state index is 12.5. The van der Waals surface area contributed by atoms with E-state index in [4.69, 9.17) is 0 Å². The number of nitrogens with zero attached hydrogens (tertiary/aromatic N) is 1. The van der Waals surface area contributed by atoms with Gasteiger partial charge in [-0.05, 0) is 36.3 Å². The minimum atomic E-state index is -0.652. The zero-order valence-electron chi connectivity index (χ0n) is 17.0. The first-order valence-electron chi connectivity index (χ1n) is 10.1.